The molecule has 0 radical (unpaired) electrons. The van der Waals surface area contributed by atoms with E-state index in [1.54, 1.807) is 0 Å². The SMILES string of the molecule is Cc1ccc(C(C)C)cc1OC(C)C(=O)NC1CCCc2c1cnn2C. The first-order chi connectivity index (χ1) is 12.4. The fourth-order valence-electron chi connectivity index (χ4n) is 3.49. The van der Waals surface area contributed by atoms with Gasteiger partial charge >= 0.3 is 0 Å². The summed E-state index contributed by atoms with van der Waals surface area (Å²) in [5, 5.41) is 7.49. The second kappa shape index (κ2) is 7.52. The van der Waals surface area contributed by atoms with Crippen LogP contribution in [0.1, 0.15) is 68.0 Å². The Labute approximate surface area is 155 Å². The molecule has 5 heteroatoms. The number of nitrogens with zero attached hydrogens (tertiary/aromatic N) is 2. The van der Waals surface area contributed by atoms with Gasteiger partial charge in [0.25, 0.3) is 5.91 Å². The Bertz CT molecular complexity index is 795. The lowest BCUT2D eigenvalue weighted by Gasteiger charge is -2.25. The van der Waals surface area contributed by atoms with Gasteiger partial charge in [0, 0.05) is 18.3 Å². The molecule has 0 aliphatic heterocycles. The van der Waals surface area contributed by atoms with Crippen molar-refractivity contribution in [3.63, 3.8) is 0 Å². The molecule has 1 aliphatic rings. The zero-order valence-corrected chi connectivity index (χ0v) is 16.4. The topological polar surface area (TPSA) is 56.1 Å². The van der Waals surface area contributed by atoms with E-state index < -0.39 is 6.10 Å². The summed E-state index contributed by atoms with van der Waals surface area (Å²) in [4.78, 5) is 12.7. The van der Waals surface area contributed by atoms with Crippen molar-refractivity contribution >= 4 is 5.91 Å². The zero-order chi connectivity index (χ0) is 18.8. The van der Waals surface area contributed by atoms with Crippen molar-refractivity contribution in [3.8, 4) is 5.75 Å². The number of rotatable bonds is 5. The van der Waals surface area contributed by atoms with Crippen LogP contribution in [0.3, 0.4) is 0 Å². The number of hydrogen-bond donors (Lipinski definition) is 1. The van der Waals surface area contributed by atoms with Gasteiger partial charge < -0.3 is 10.1 Å². The predicted molar refractivity (Wildman–Crippen MR) is 102 cm³/mol. The van der Waals surface area contributed by atoms with Gasteiger partial charge in [-0.15, -0.1) is 0 Å². The van der Waals surface area contributed by atoms with E-state index in [1.807, 2.05) is 37.8 Å². The van der Waals surface area contributed by atoms with Crippen molar-refractivity contribution in [1.82, 2.24) is 15.1 Å². The van der Waals surface area contributed by atoms with Crippen molar-refractivity contribution in [2.75, 3.05) is 0 Å². The van der Waals surface area contributed by atoms with Gasteiger partial charge in [-0.1, -0.05) is 26.0 Å². The third-order valence-electron chi connectivity index (χ3n) is 5.24. The number of nitrogens with one attached hydrogen (secondary N) is 1. The predicted octanol–water partition coefficient (Wildman–Crippen LogP) is 3.81. The van der Waals surface area contributed by atoms with Gasteiger partial charge in [0.05, 0.1) is 12.2 Å². The molecule has 0 bridgehead atoms. The number of aryl methyl sites for hydroxylation is 2. The van der Waals surface area contributed by atoms with Crippen LogP contribution >= 0.6 is 0 Å². The van der Waals surface area contributed by atoms with E-state index in [2.05, 4.69) is 36.4 Å². The first-order valence-corrected chi connectivity index (χ1v) is 9.45. The molecule has 0 saturated carbocycles. The van der Waals surface area contributed by atoms with Gasteiger partial charge in [0.1, 0.15) is 5.75 Å². The average Bonchev–Trinajstić information content (AvgIpc) is 2.99. The molecule has 0 fully saturated rings. The van der Waals surface area contributed by atoms with E-state index in [0.717, 1.165) is 36.1 Å². The molecular weight excluding hydrogens is 326 g/mol. The third-order valence-corrected chi connectivity index (χ3v) is 5.24. The summed E-state index contributed by atoms with van der Waals surface area (Å²) in [5.41, 5.74) is 4.61. The standard InChI is InChI=1S/C21H29N3O2/c1-13(2)16-10-9-14(3)20(11-16)26-15(4)21(25)23-18-7-6-8-19-17(18)12-22-24(19)5/h9-13,15,18H,6-8H2,1-5H3,(H,23,25). The fourth-order valence-corrected chi connectivity index (χ4v) is 3.49. The summed E-state index contributed by atoms with van der Waals surface area (Å²) in [6.45, 7) is 8.12. The smallest absolute Gasteiger partial charge is 0.261 e. The summed E-state index contributed by atoms with van der Waals surface area (Å²) >= 11 is 0. The van der Waals surface area contributed by atoms with E-state index in [4.69, 9.17) is 4.74 Å². The second-order valence-electron chi connectivity index (χ2n) is 7.56. The van der Waals surface area contributed by atoms with Crippen molar-refractivity contribution in [2.45, 2.75) is 65.0 Å². The summed E-state index contributed by atoms with van der Waals surface area (Å²) in [6, 6.07) is 6.24. The minimum absolute atomic E-state index is 0.0223. The molecule has 1 amide bonds. The number of ether oxygens (including phenoxy) is 1. The highest BCUT2D eigenvalue weighted by Crippen LogP contribution is 2.29. The summed E-state index contributed by atoms with van der Waals surface area (Å²) in [5.74, 6) is 1.12. The zero-order valence-electron chi connectivity index (χ0n) is 16.4. The molecule has 1 aromatic carbocycles. The van der Waals surface area contributed by atoms with Crippen LogP contribution < -0.4 is 10.1 Å². The lowest BCUT2D eigenvalue weighted by Crippen LogP contribution is -2.39. The quantitative estimate of drug-likeness (QED) is 0.887. The lowest BCUT2D eigenvalue weighted by molar-refractivity contribution is -0.128. The maximum atomic E-state index is 12.7. The normalized spacial score (nSPS) is 17.7. The van der Waals surface area contributed by atoms with Gasteiger partial charge in [-0.2, -0.15) is 5.10 Å². The van der Waals surface area contributed by atoms with E-state index in [1.165, 1.54) is 11.3 Å². The van der Waals surface area contributed by atoms with Crippen LogP contribution in [0, 0.1) is 6.92 Å². The second-order valence-corrected chi connectivity index (χ2v) is 7.56. The molecule has 1 N–H and O–H groups in total. The monoisotopic (exact) mass is 355 g/mol. The maximum absolute atomic E-state index is 12.7. The molecule has 0 spiro atoms. The van der Waals surface area contributed by atoms with Gasteiger partial charge in [0.15, 0.2) is 6.10 Å². The van der Waals surface area contributed by atoms with Crippen molar-refractivity contribution in [2.24, 2.45) is 7.05 Å². The first kappa shape index (κ1) is 18.5. The molecule has 1 heterocycles. The van der Waals surface area contributed by atoms with Crippen molar-refractivity contribution < 1.29 is 9.53 Å². The molecule has 140 valence electrons. The Morgan fingerprint density at radius 1 is 1.35 bits per heavy atom. The Hall–Kier alpha value is -2.30. The minimum Gasteiger partial charge on any atom is -0.481 e. The van der Waals surface area contributed by atoms with Crippen molar-refractivity contribution in [3.05, 3.63) is 46.8 Å². The number of amides is 1. The van der Waals surface area contributed by atoms with Gasteiger partial charge in [0.2, 0.25) is 0 Å². The Kier molecular flexibility index (Phi) is 5.35. The van der Waals surface area contributed by atoms with Crippen molar-refractivity contribution in [1.29, 1.82) is 0 Å². The largest absolute Gasteiger partial charge is 0.481 e. The third kappa shape index (κ3) is 3.76. The first-order valence-electron chi connectivity index (χ1n) is 9.45. The number of carbonyl (C=O) groups excluding carboxylic acids is 1. The Balaban J connectivity index is 1.69. The maximum Gasteiger partial charge on any atom is 0.261 e. The fraction of sp³-hybridized carbons (Fsp3) is 0.524. The van der Waals surface area contributed by atoms with Crippen LogP contribution in [-0.2, 0) is 18.3 Å². The Morgan fingerprint density at radius 3 is 2.85 bits per heavy atom. The highest BCUT2D eigenvalue weighted by atomic mass is 16.5. The molecule has 1 aromatic heterocycles. The van der Waals surface area contributed by atoms with E-state index in [-0.39, 0.29) is 11.9 Å². The Morgan fingerprint density at radius 2 is 2.12 bits per heavy atom. The number of carbonyl (C=O) groups is 1. The highest BCUT2D eigenvalue weighted by Gasteiger charge is 2.27. The number of fused-ring (bicyclic) bond motifs is 1. The van der Waals surface area contributed by atoms with Crippen LogP contribution in [0.5, 0.6) is 5.75 Å². The molecule has 1 aliphatic carbocycles. The number of aromatic nitrogens is 2. The van der Waals surface area contributed by atoms with Crippen LogP contribution in [0.15, 0.2) is 24.4 Å². The lowest BCUT2D eigenvalue weighted by atomic mass is 9.93. The van der Waals surface area contributed by atoms with Gasteiger partial charge in [-0.05, 0) is 56.2 Å². The minimum atomic E-state index is -0.543. The molecular formula is C21H29N3O2. The summed E-state index contributed by atoms with van der Waals surface area (Å²) < 4.78 is 7.91. The van der Waals surface area contributed by atoms with Crippen LogP contribution in [0.2, 0.25) is 0 Å². The molecule has 2 unspecified atom stereocenters. The number of hydrogen-bond acceptors (Lipinski definition) is 3. The van der Waals surface area contributed by atoms with E-state index in [0.29, 0.717) is 5.92 Å². The molecule has 5 nitrogen and oxygen atoms in total. The molecule has 2 atom stereocenters. The average molecular weight is 355 g/mol. The molecule has 26 heavy (non-hydrogen) atoms. The van der Waals surface area contributed by atoms with Crippen LogP contribution in [-0.4, -0.2) is 21.8 Å². The summed E-state index contributed by atoms with van der Waals surface area (Å²) in [6.07, 6.45) is 4.35. The van der Waals surface area contributed by atoms with Crippen LogP contribution in [0.4, 0.5) is 0 Å². The van der Waals surface area contributed by atoms with Gasteiger partial charge in [-0.3, -0.25) is 9.48 Å². The summed E-state index contributed by atoms with van der Waals surface area (Å²) in [7, 11) is 1.96. The van der Waals surface area contributed by atoms with E-state index >= 15 is 0 Å². The van der Waals surface area contributed by atoms with E-state index in [9.17, 15) is 4.79 Å². The molecule has 3 rings (SSSR count). The molecule has 0 saturated heterocycles. The van der Waals surface area contributed by atoms with Gasteiger partial charge in [-0.25, -0.2) is 0 Å². The number of benzene rings is 1. The van der Waals surface area contributed by atoms with Crippen LogP contribution in [0.25, 0.3) is 0 Å². The molecule has 2 aromatic rings. The highest BCUT2D eigenvalue weighted by molar-refractivity contribution is 5.81.